The predicted octanol–water partition coefficient (Wildman–Crippen LogP) is 3.46. The summed E-state index contributed by atoms with van der Waals surface area (Å²) in [6, 6.07) is 5.15. The average molecular weight is 359 g/mol. The normalized spacial score (nSPS) is 10.5. The number of H-pyrrole nitrogens is 1. The number of carbonyl (C=O) groups excluding carboxylic acids is 1. The molecule has 1 aromatic carbocycles. The second-order valence-electron chi connectivity index (χ2n) is 4.36. The highest BCUT2D eigenvalue weighted by Crippen LogP contribution is 2.29. The molecular formula is C14H12Cl2N2O3S. The van der Waals surface area contributed by atoms with Crippen LogP contribution in [0.4, 0.5) is 0 Å². The number of thioether (sulfide) groups is 1. The number of hydrogen-bond donors (Lipinski definition) is 1. The number of aryl methyl sites for hydroxylation is 1. The Labute approximate surface area is 141 Å². The zero-order valence-corrected chi connectivity index (χ0v) is 14.1. The van der Waals surface area contributed by atoms with Gasteiger partial charge in [0.2, 0.25) is 0 Å². The fourth-order valence-electron chi connectivity index (χ4n) is 1.79. The fraction of sp³-hybridized carbons (Fsp3) is 0.214. The minimum Gasteiger partial charge on any atom is -0.465 e. The lowest BCUT2D eigenvalue weighted by Gasteiger charge is -2.09. The van der Waals surface area contributed by atoms with E-state index >= 15 is 0 Å². The van der Waals surface area contributed by atoms with Crippen molar-refractivity contribution in [3.05, 3.63) is 55.5 Å². The smallest absolute Gasteiger partial charge is 0.346 e. The zero-order chi connectivity index (χ0) is 16.3. The first-order valence-electron chi connectivity index (χ1n) is 6.18. The number of halogens is 2. The average Bonchev–Trinajstić information content (AvgIpc) is 2.45. The second-order valence-corrected chi connectivity index (χ2v) is 6.17. The van der Waals surface area contributed by atoms with Crippen molar-refractivity contribution in [3.8, 4) is 0 Å². The van der Waals surface area contributed by atoms with Crippen molar-refractivity contribution >= 4 is 40.9 Å². The molecule has 0 bridgehead atoms. The third-order valence-corrected chi connectivity index (χ3v) is 4.47. The van der Waals surface area contributed by atoms with Crippen molar-refractivity contribution in [2.45, 2.75) is 17.7 Å². The molecule has 0 saturated heterocycles. The maximum Gasteiger partial charge on any atom is 0.346 e. The predicted molar refractivity (Wildman–Crippen MR) is 87.0 cm³/mol. The molecule has 0 aliphatic carbocycles. The summed E-state index contributed by atoms with van der Waals surface area (Å²) in [4.78, 5) is 29.7. The Morgan fingerprint density at radius 3 is 2.77 bits per heavy atom. The van der Waals surface area contributed by atoms with E-state index in [1.54, 1.807) is 25.1 Å². The van der Waals surface area contributed by atoms with Crippen molar-refractivity contribution < 1.29 is 9.53 Å². The molecule has 0 fully saturated rings. The number of hydrogen-bond acceptors (Lipinski definition) is 5. The highest BCUT2D eigenvalue weighted by molar-refractivity contribution is 7.98. The number of benzene rings is 1. The van der Waals surface area contributed by atoms with E-state index in [0.29, 0.717) is 26.5 Å². The molecule has 0 aliphatic heterocycles. The van der Waals surface area contributed by atoms with Gasteiger partial charge < -0.3 is 9.72 Å². The van der Waals surface area contributed by atoms with E-state index in [9.17, 15) is 9.59 Å². The van der Waals surface area contributed by atoms with Gasteiger partial charge in [-0.3, -0.25) is 0 Å². The molecule has 0 spiro atoms. The number of esters is 1. The summed E-state index contributed by atoms with van der Waals surface area (Å²) in [6.45, 7) is 1.62. The van der Waals surface area contributed by atoms with Crippen molar-refractivity contribution in [2.24, 2.45) is 0 Å². The summed E-state index contributed by atoms with van der Waals surface area (Å²) >= 11 is 13.2. The number of nitrogens with zero attached hydrogens (tertiary/aromatic N) is 1. The van der Waals surface area contributed by atoms with Gasteiger partial charge in [-0.05, 0) is 24.6 Å². The SMILES string of the molecule is COC(=O)c1c(SCc2ccc(Cl)cc2Cl)nc(=O)[nH]c1C. The van der Waals surface area contributed by atoms with E-state index in [1.807, 2.05) is 0 Å². The first kappa shape index (κ1) is 16.9. The van der Waals surface area contributed by atoms with E-state index in [2.05, 4.69) is 9.97 Å². The topological polar surface area (TPSA) is 72.0 Å². The van der Waals surface area contributed by atoms with Crippen LogP contribution in [-0.4, -0.2) is 23.0 Å². The summed E-state index contributed by atoms with van der Waals surface area (Å²) in [5, 5.41) is 1.36. The first-order valence-corrected chi connectivity index (χ1v) is 7.92. The molecule has 1 heterocycles. The number of carbonyl (C=O) groups is 1. The summed E-state index contributed by atoms with van der Waals surface area (Å²) in [5.41, 5.74) is 0.968. The Hall–Kier alpha value is -1.50. The van der Waals surface area contributed by atoms with Crippen LogP contribution < -0.4 is 5.69 Å². The van der Waals surface area contributed by atoms with Crippen LogP contribution in [0, 0.1) is 6.92 Å². The number of aromatic amines is 1. The Kier molecular flexibility index (Phi) is 5.50. The lowest BCUT2D eigenvalue weighted by Crippen LogP contribution is -2.19. The van der Waals surface area contributed by atoms with E-state index < -0.39 is 11.7 Å². The van der Waals surface area contributed by atoms with Crippen LogP contribution in [0.25, 0.3) is 0 Å². The van der Waals surface area contributed by atoms with Crippen molar-refractivity contribution in [1.82, 2.24) is 9.97 Å². The largest absolute Gasteiger partial charge is 0.465 e. The third kappa shape index (κ3) is 3.82. The number of aromatic nitrogens is 2. The quantitative estimate of drug-likeness (QED) is 0.514. The van der Waals surface area contributed by atoms with Gasteiger partial charge in [0.25, 0.3) is 0 Å². The van der Waals surface area contributed by atoms with E-state index in [1.165, 1.54) is 18.9 Å². The molecule has 0 radical (unpaired) electrons. The molecule has 22 heavy (non-hydrogen) atoms. The van der Waals surface area contributed by atoms with Gasteiger partial charge in [0.05, 0.1) is 7.11 Å². The Bertz CT molecular complexity index is 777. The van der Waals surface area contributed by atoms with Gasteiger partial charge in [-0.15, -0.1) is 11.8 Å². The minimum absolute atomic E-state index is 0.247. The van der Waals surface area contributed by atoms with Crippen LogP contribution in [0.5, 0.6) is 0 Å². The lowest BCUT2D eigenvalue weighted by molar-refractivity contribution is 0.0594. The number of ether oxygens (including phenoxy) is 1. The van der Waals surface area contributed by atoms with Crippen LogP contribution >= 0.6 is 35.0 Å². The highest BCUT2D eigenvalue weighted by Gasteiger charge is 2.18. The molecule has 0 atom stereocenters. The molecule has 5 nitrogen and oxygen atoms in total. The summed E-state index contributed by atoms with van der Waals surface area (Å²) in [5.74, 6) is -0.110. The maximum atomic E-state index is 11.8. The van der Waals surface area contributed by atoms with E-state index in [4.69, 9.17) is 27.9 Å². The third-order valence-electron chi connectivity index (χ3n) is 2.86. The molecule has 2 aromatic rings. The van der Waals surface area contributed by atoms with Crippen LogP contribution in [0.15, 0.2) is 28.0 Å². The van der Waals surface area contributed by atoms with Gasteiger partial charge in [0.1, 0.15) is 10.6 Å². The van der Waals surface area contributed by atoms with Gasteiger partial charge in [-0.1, -0.05) is 29.3 Å². The molecule has 0 saturated carbocycles. The number of rotatable bonds is 4. The summed E-state index contributed by atoms with van der Waals surface area (Å²) < 4.78 is 4.73. The molecule has 8 heteroatoms. The molecule has 0 amide bonds. The summed E-state index contributed by atoms with van der Waals surface area (Å²) in [7, 11) is 1.28. The monoisotopic (exact) mass is 358 g/mol. The van der Waals surface area contributed by atoms with Crippen LogP contribution in [0.2, 0.25) is 10.0 Å². The first-order chi connectivity index (χ1) is 10.4. The van der Waals surface area contributed by atoms with E-state index in [0.717, 1.165) is 5.56 Å². The Morgan fingerprint density at radius 2 is 2.14 bits per heavy atom. The number of methoxy groups -OCH3 is 1. The maximum absolute atomic E-state index is 11.8. The van der Waals surface area contributed by atoms with Gasteiger partial charge in [-0.25, -0.2) is 9.59 Å². The number of nitrogens with one attached hydrogen (secondary N) is 1. The molecule has 1 aromatic heterocycles. The minimum atomic E-state index is -0.550. The standard InChI is InChI=1S/C14H12Cl2N2O3S/c1-7-11(13(19)21-2)12(18-14(20)17-7)22-6-8-3-4-9(15)5-10(8)16/h3-5H,6H2,1-2H3,(H,17,18,20). The molecule has 0 aliphatic rings. The lowest BCUT2D eigenvalue weighted by atomic mass is 10.2. The van der Waals surface area contributed by atoms with Crippen LogP contribution in [0.3, 0.4) is 0 Å². The van der Waals surface area contributed by atoms with Crippen molar-refractivity contribution in [1.29, 1.82) is 0 Å². The van der Waals surface area contributed by atoms with Gasteiger partial charge in [0.15, 0.2) is 0 Å². The van der Waals surface area contributed by atoms with Crippen molar-refractivity contribution in [2.75, 3.05) is 7.11 Å². The zero-order valence-electron chi connectivity index (χ0n) is 11.8. The molecular weight excluding hydrogens is 347 g/mol. The van der Waals surface area contributed by atoms with Crippen molar-refractivity contribution in [3.63, 3.8) is 0 Å². The van der Waals surface area contributed by atoms with Gasteiger partial charge >= 0.3 is 11.7 Å². The molecule has 0 unspecified atom stereocenters. The summed E-state index contributed by atoms with van der Waals surface area (Å²) in [6.07, 6.45) is 0. The Morgan fingerprint density at radius 1 is 1.41 bits per heavy atom. The van der Waals surface area contributed by atoms with Crippen LogP contribution in [-0.2, 0) is 10.5 Å². The highest BCUT2D eigenvalue weighted by atomic mass is 35.5. The second kappa shape index (κ2) is 7.17. The molecule has 2 rings (SSSR count). The van der Waals surface area contributed by atoms with Crippen LogP contribution in [0.1, 0.15) is 21.6 Å². The van der Waals surface area contributed by atoms with E-state index in [-0.39, 0.29) is 5.56 Å². The fourth-order valence-corrected chi connectivity index (χ4v) is 3.42. The molecule has 1 N–H and O–H groups in total. The Balaban J connectivity index is 2.33. The van der Waals surface area contributed by atoms with Gasteiger partial charge in [-0.2, -0.15) is 4.98 Å². The molecule has 116 valence electrons. The van der Waals surface area contributed by atoms with Gasteiger partial charge in [0, 0.05) is 21.5 Å².